The Morgan fingerprint density at radius 1 is 1.38 bits per heavy atom. The Kier molecular flexibility index (Phi) is 5.58. The van der Waals surface area contributed by atoms with Crippen LogP contribution in [0, 0.1) is 5.92 Å². The third-order valence-electron chi connectivity index (χ3n) is 3.32. The highest BCUT2D eigenvalue weighted by Gasteiger charge is 2.21. The van der Waals surface area contributed by atoms with Crippen molar-refractivity contribution < 1.29 is 23.0 Å². The first-order valence-corrected chi connectivity index (χ1v) is 8.40. The van der Waals surface area contributed by atoms with E-state index >= 15 is 0 Å². The number of ether oxygens (including phenoxy) is 2. The first kappa shape index (κ1) is 16.2. The first-order chi connectivity index (χ1) is 10.1. The first-order valence-electron chi connectivity index (χ1n) is 6.92. The van der Waals surface area contributed by atoms with E-state index in [9.17, 15) is 13.5 Å². The summed E-state index contributed by atoms with van der Waals surface area (Å²) in [5.41, 5.74) is 0.436. The number of aliphatic hydroxyl groups is 1. The lowest BCUT2D eigenvalue weighted by molar-refractivity contribution is 0.129. The highest BCUT2D eigenvalue weighted by atomic mass is 32.2. The zero-order valence-electron chi connectivity index (χ0n) is 12.0. The molecule has 0 saturated heterocycles. The van der Waals surface area contributed by atoms with E-state index in [1.54, 1.807) is 0 Å². The normalized spacial score (nSPS) is 15.1. The van der Waals surface area contributed by atoms with Gasteiger partial charge in [-0.25, -0.2) is 13.1 Å². The Bertz CT molecular complexity index is 569. The molecule has 1 aliphatic carbocycles. The lowest BCUT2D eigenvalue weighted by atomic mass is 10.2. The summed E-state index contributed by atoms with van der Waals surface area (Å²) in [6, 6.07) is 4.39. The van der Waals surface area contributed by atoms with Gasteiger partial charge < -0.3 is 14.6 Å². The van der Waals surface area contributed by atoms with Gasteiger partial charge in [0.05, 0.1) is 25.2 Å². The van der Waals surface area contributed by atoms with Gasteiger partial charge in [0.25, 0.3) is 0 Å². The Balaban J connectivity index is 1.91. The van der Waals surface area contributed by atoms with E-state index in [0.29, 0.717) is 30.4 Å². The summed E-state index contributed by atoms with van der Waals surface area (Å²) in [5.74, 6) is 1.12. The summed E-state index contributed by atoms with van der Waals surface area (Å²) in [4.78, 5) is 0.106. The molecule has 2 rings (SSSR count). The molecule has 0 spiro atoms. The maximum Gasteiger partial charge on any atom is 0.240 e. The van der Waals surface area contributed by atoms with Gasteiger partial charge in [-0.05, 0) is 37.0 Å². The van der Waals surface area contributed by atoms with Crippen molar-refractivity contribution in [2.75, 3.05) is 26.9 Å². The molecule has 1 aromatic carbocycles. The third kappa shape index (κ3) is 4.67. The number of hydrogen-bond donors (Lipinski definition) is 2. The number of hydrogen-bond acceptors (Lipinski definition) is 5. The molecule has 0 atom stereocenters. The van der Waals surface area contributed by atoms with Crippen LogP contribution in [0.1, 0.15) is 18.4 Å². The summed E-state index contributed by atoms with van der Waals surface area (Å²) in [7, 11) is -2.13. The van der Waals surface area contributed by atoms with Gasteiger partial charge >= 0.3 is 0 Å². The molecule has 1 saturated carbocycles. The molecule has 0 unspecified atom stereocenters. The van der Waals surface area contributed by atoms with E-state index in [-0.39, 0.29) is 18.0 Å². The van der Waals surface area contributed by atoms with Crippen molar-refractivity contribution >= 4 is 10.0 Å². The monoisotopic (exact) mass is 315 g/mol. The molecule has 118 valence electrons. The summed E-state index contributed by atoms with van der Waals surface area (Å²) in [6.07, 6.45) is 2.42. The molecule has 1 fully saturated rings. The summed E-state index contributed by atoms with van der Waals surface area (Å²) < 4.78 is 37.2. The van der Waals surface area contributed by atoms with E-state index in [0.717, 1.165) is 0 Å². The number of sulfonamides is 1. The molecule has 1 aliphatic rings. The average Bonchev–Trinajstić information content (AvgIpc) is 3.30. The predicted molar refractivity (Wildman–Crippen MR) is 77.6 cm³/mol. The fraction of sp³-hybridized carbons (Fsp3) is 0.571. The fourth-order valence-electron chi connectivity index (χ4n) is 1.91. The third-order valence-corrected chi connectivity index (χ3v) is 4.78. The minimum Gasteiger partial charge on any atom is -0.496 e. The van der Waals surface area contributed by atoms with Crippen molar-refractivity contribution in [1.29, 1.82) is 0 Å². The molecule has 7 heteroatoms. The maximum atomic E-state index is 12.1. The standard InChI is InChI=1S/C14H21NO5S/c1-19-14-5-4-13(8-12(14)9-16)21(17,18)15-6-7-20-10-11-2-3-11/h4-5,8,11,15-16H,2-3,6-7,9-10H2,1H3. The lowest BCUT2D eigenvalue weighted by Gasteiger charge is -2.10. The van der Waals surface area contributed by atoms with Crippen LogP contribution >= 0.6 is 0 Å². The van der Waals surface area contributed by atoms with Crippen LogP contribution in [0.4, 0.5) is 0 Å². The fourth-order valence-corrected chi connectivity index (χ4v) is 2.98. The highest BCUT2D eigenvalue weighted by molar-refractivity contribution is 7.89. The van der Waals surface area contributed by atoms with Gasteiger partial charge in [0.2, 0.25) is 10.0 Å². The second-order valence-corrected chi connectivity index (χ2v) is 6.81. The molecule has 0 amide bonds. The molecule has 21 heavy (non-hydrogen) atoms. The SMILES string of the molecule is COc1ccc(S(=O)(=O)NCCOCC2CC2)cc1CO. The average molecular weight is 315 g/mol. The Hall–Kier alpha value is -1.15. The molecular formula is C14H21NO5S. The van der Waals surface area contributed by atoms with Crippen LogP contribution in [0.2, 0.25) is 0 Å². The van der Waals surface area contributed by atoms with Crippen LogP contribution in [0.3, 0.4) is 0 Å². The van der Waals surface area contributed by atoms with Crippen LogP contribution < -0.4 is 9.46 Å². The van der Waals surface area contributed by atoms with E-state index in [2.05, 4.69) is 4.72 Å². The zero-order chi connectivity index (χ0) is 15.3. The van der Waals surface area contributed by atoms with E-state index in [1.165, 1.54) is 38.2 Å². The molecular weight excluding hydrogens is 294 g/mol. The number of benzene rings is 1. The number of methoxy groups -OCH3 is 1. The molecule has 0 radical (unpaired) electrons. The summed E-state index contributed by atoms with van der Waals surface area (Å²) in [6.45, 7) is 1.02. The van der Waals surface area contributed by atoms with Crippen LogP contribution in [0.5, 0.6) is 5.75 Å². The molecule has 0 aromatic heterocycles. The lowest BCUT2D eigenvalue weighted by Crippen LogP contribution is -2.27. The number of nitrogens with one attached hydrogen (secondary N) is 1. The van der Waals surface area contributed by atoms with E-state index in [1.807, 2.05) is 0 Å². The second-order valence-electron chi connectivity index (χ2n) is 5.05. The summed E-state index contributed by atoms with van der Waals surface area (Å²) in [5, 5.41) is 9.23. The Labute approximate surface area is 125 Å². The van der Waals surface area contributed by atoms with Crippen molar-refractivity contribution in [2.45, 2.75) is 24.3 Å². The van der Waals surface area contributed by atoms with Crippen LogP contribution in [0.15, 0.2) is 23.1 Å². The van der Waals surface area contributed by atoms with Crippen molar-refractivity contribution in [3.8, 4) is 5.75 Å². The Morgan fingerprint density at radius 3 is 2.76 bits per heavy atom. The maximum absolute atomic E-state index is 12.1. The van der Waals surface area contributed by atoms with Gasteiger partial charge in [-0.15, -0.1) is 0 Å². The van der Waals surface area contributed by atoms with Gasteiger partial charge in [0, 0.05) is 18.7 Å². The number of aliphatic hydroxyl groups excluding tert-OH is 1. The number of rotatable bonds is 9. The van der Waals surface area contributed by atoms with Gasteiger partial charge in [-0.3, -0.25) is 0 Å². The van der Waals surface area contributed by atoms with Crippen molar-refractivity contribution in [1.82, 2.24) is 4.72 Å². The van der Waals surface area contributed by atoms with Gasteiger partial charge in [0.1, 0.15) is 5.75 Å². The van der Waals surface area contributed by atoms with Gasteiger partial charge in [-0.2, -0.15) is 0 Å². The largest absolute Gasteiger partial charge is 0.496 e. The molecule has 2 N–H and O–H groups in total. The molecule has 0 bridgehead atoms. The minimum absolute atomic E-state index is 0.106. The van der Waals surface area contributed by atoms with Gasteiger partial charge in [0.15, 0.2) is 0 Å². The van der Waals surface area contributed by atoms with Crippen molar-refractivity contribution in [3.63, 3.8) is 0 Å². The summed E-state index contributed by atoms with van der Waals surface area (Å²) >= 11 is 0. The van der Waals surface area contributed by atoms with Crippen molar-refractivity contribution in [3.05, 3.63) is 23.8 Å². The molecule has 1 aromatic rings. The van der Waals surface area contributed by atoms with Gasteiger partial charge in [-0.1, -0.05) is 0 Å². The molecule has 6 nitrogen and oxygen atoms in total. The highest BCUT2D eigenvalue weighted by Crippen LogP contribution is 2.28. The topological polar surface area (TPSA) is 84.9 Å². The van der Waals surface area contributed by atoms with Crippen LogP contribution in [-0.2, 0) is 21.4 Å². The predicted octanol–water partition coefficient (Wildman–Crippen LogP) is 0.892. The second kappa shape index (κ2) is 7.22. The zero-order valence-corrected chi connectivity index (χ0v) is 12.9. The quantitative estimate of drug-likeness (QED) is 0.661. The van der Waals surface area contributed by atoms with Crippen molar-refractivity contribution in [2.24, 2.45) is 5.92 Å². The van der Waals surface area contributed by atoms with E-state index < -0.39 is 10.0 Å². The van der Waals surface area contributed by atoms with E-state index in [4.69, 9.17) is 9.47 Å². The smallest absolute Gasteiger partial charge is 0.240 e. The molecule has 0 heterocycles. The minimum atomic E-state index is -3.60. The van der Waals surface area contributed by atoms with Crippen LogP contribution in [0.25, 0.3) is 0 Å². The Morgan fingerprint density at radius 2 is 2.14 bits per heavy atom. The molecule has 0 aliphatic heterocycles. The van der Waals surface area contributed by atoms with Crippen LogP contribution in [-0.4, -0.2) is 40.4 Å².